The smallest absolute Gasteiger partial charge is 0.462 e. The monoisotopic (exact) mass is 1320 g/mol. The molecule has 0 aliphatic carbocycles. The molecule has 90 heavy (non-hydrogen) atoms. The molecule has 0 radical (unpaired) electrons. The molecule has 0 spiro atoms. The molecule has 0 fully saturated rings. The molecule has 17 nitrogen and oxygen atoms in total. The van der Waals surface area contributed by atoms with E-state index in [4.69, 9.17) is 37.0 Å². The van der Waals surface area contributed by atoms with Gasteiger partial charge in [-0.2, -0.15) is 0 Å². The van der Waals surface area contributed by atoms with Crippen molar-refractivity contribution in [2.24, 2.45) is 5.92 Å². The molecule has 0 aliphatic rings. The number of unbranched alkanes of at least 4 members (excludes halogenated alkanes) is 42. The SMILES string of the molecule is CCCCCCCCCCCCCCCCCCC(=O)OC[C@H](COP(=O)(O)OC[C@@H](O)COP(=O)(O)OC[C@@H](COC(=O)CCCCCCCCC)OC(=O)CCCCCCCCCCC)OC(=O)CCCCCCCCCCCCCCCCC(C)CC. The maximum Gasteiger partial charge on any atom is 0.472 e. The lowest BCUT2D eigenvalue weighted by Gasteiger charge is -2.21. The van der Waals surface area contributed by atoms with Crippen LogP contribution in [-0.4, -0.2) is 96.7 Å². The van der Waals surface area contributed by atoms with E-state index in [2.05, 4.69) is 34.6 Å². The van der Waals surface area contributed by atoms with E-state index in [0.717, 1.165) is 109 Å². The summed E-state index contributed by atoms with van der Waals surface area (Å²) in [6.07, 6.45) is 51.4. The van der Waals surface area contributed by atoms with Crippen LogP contribution in [0.3, 0.4) is 0 Å². The minimum atomic E-state index is -4.95. The van der Waals surface area contributed by atoms with Crippen LogP contribution in [0.5, 0.6) is 0 Å². The molecule has 19 heteroatoms. The summed E-state index contributed by atoms with van der Waals surface area (Å²) in [7, 11) is -9.89. The number of aliphatic hydroxyl groups is 1. The standard InChI is InChI=1S/C71H138O17P2/c1-6-10-13-16-19-21-22-23-24-25-29-32-36-40-45-50-55-69(74)82-61-67(88-71(76)57-52-47-42-37-33-30-27-26-28-31-35-39-43-48-53-64(5)9-4)63-86-90(79,80)84-59-65(72)58-83-89(77,78)85-62-66(60-81-68(73)54-49-44-38-18-15-12-8-3)87-70(75)56-51-46-41-34-20-17-14-11-7-2/h64-67,72H,6-63H2,1-5H3,(H,77,78)(H,79,80)/t64?,65-,66+,67+/m0/s1. The van der Waals surface area contributed by atoms with E-state index in [0.29, 0.717) is 25.7 Å². The van der Waals surface area contributed by atoms with Gasteiger partial charge >= 0.3 is 39.5 Å². The zero-order valence-corrected chi connectivity index (χ0v) is 60.1. The van der Waals surface area contributed by atoms with E-state index in [-0.39, 0.29) is 25.7 Å². The molecule has 0 bridgehead atoms. The minimum absolute atomic E-state index is 0.106. The molecule has 0 heterocycles. The second-order valence-electron chi connectivity index (χ2n) is 25.9. The number of hydrogen-bond acceptors (Lipinski definition) is 15. The Morgan fingerprint density at radius 3 is 0.789 bits per heavy atom. The van der Waals surface area contributed by atoms with Crippen LogP contribution in [0.1, 0.15) is 369 Å². The number of esters is 4. The van der Waals surface area contributed by atoms with Crippen molar-refractivity contribution < 1.29 is 80.2 Å². The number of hydrogen-bond donors (Lipinski definition) is 3. The van der Waals surface area contributed by atoms with E-state index in [1.54, 1.807) is 0 Å². The maximum absolute atomic E-state index is 13.0. The molecule has 3 unspecified atom stereocenters. The fourth-order valence-electron chi connectivity index (χ4n) is 10.8. The number of carbonyl (C=O) groups excluding carboxylic acids is 4. The zero-order valence-electron chi connectivity index (χ0n) is 58.3. The van der Waals surface area contributed by atoms with Crippen molar-refractivity contribution in [3.05, 3.63) is 0 Å². The maximum atomic E-state index is 13.0. The fraction of sp³-hybridized carbons (Fsp3) is 0.944. The summed E-state index contributed by atoms with van der Waals surface area (Å²) in [5, 5.41) is 10.6. The van der Waals surface area contributed by atoms with Crippen LogP contribution in [0.25, 0.3) is 0 Å². The highest BCUT2D eigenvalue weighted by atomic mass is 31.2. The fourth-order valence-corrected chi connectivity index (χ4v) is 12.4. The van der Waals surface area contributed by atoms with Crippen LogP contribution < -0.4 is 0 Å². The number of phosphoric acid groups is 2. The van der Waals surface area contributed by atoms with Crippen LogP contribution >= 0.6 is 15.6 Å². The van der Waals surface area contributed by atoms with Gasteiger partial charge in [0.15, 0.2) is 12.2 Å². The van der Waals surface area contributed by atoms with Gasteiger partial charge in [-0.05, 0) is 31.6 Å². The molecule has 0 saturated carbocycles. The lowest BCUT2D eigenvalue weighted by molar-refractivity contribution is -0.161. The van der Waals surface area contributed by atoms with Crippen molar-refractivity contribution in [3.63, 3.8) is 0 Å². The van der Waals surface area contributed by atoms with E-state index < -0.39 is 97.5 Å². The van der Waals surface area contributed by atoms with Gasteiger partial charge in [0, 0.05) is 25.7 Å². The van der Waals surface area contributed by atoms with Gasteiger partial charge in [0.1, 0.15) is 19.3 Å². The Morgan fingerprint density at radius 1 is 0.311 bits per heavy atom. The quantitative estimate of drug-likeness (QED) is 0.0222. The topological polar surface area (TPSA) is 237 Å². The van der Waals surface area contributed by atoms with Crippen molar-refractivity contribution in [3.8, 4) is 0 Å². The predicted molar refractivity (Wildman–Crippen MR) is 363 cm³/mol. The van der Waals surface area contributed by atoms with Gasteiger partial charge in [-0.3, -0.25) is 37.3 Å². The highest BCUT2D eigenvalue weighted by molar-refractivity contribution is 7.47. The second-order valence-corrected chi connectivity index (χ2v) is 28.8. The van der Waals surface area contributed by atoms with Crippen LogP contribution in [0.4, 0.5) is 0 Å². The summed E-state index contributed by atoms with van der Waals surface area (Å²) < 4.78 is 68.2. The van der Waals surface area contributed by atoms with Gasteiger partial charge in [0.05, 0.1) is 26.4 Å². The number of aliphatic hydroxyl groups excluding tert-OH is 1. The Kier molecular flexibility index (Phi) is 63.0. The lowest BCUT2D eigenvalue weighted by atomic mass is 9.99. The molecular formula is C71H138O17P2. The predicted octanol–water partition coefficient (Wildman–Crippen LogP) is 20.5. The van der Waals surface area contributed by atoms with E-state index in [9.17, 15) is 43.2 Å². The second kappa shape index (κ2) is 64.4. The average Bonchev–Trinajstić information content (AvgIpc) is 3.08. The zero-order chi connectivity index (χ0) is 66.3. The van der Waals surface area contributed by atoms with Gasteiger partial charge in [0.25, 0.3) is 0 Å². The summed E-state index contributed by atoms with van der Waals surface area (Å²) in [5.74, 6) is -1.28. The molecule has 0 rings (SSSR count). The molecule has 534 valence electrons. The van der Waals surface area contributed by atoms with Gasteiger partial charge in [0.2, 0.25) is 0 Å². The Balaban J connectivity index is 5.18. The molecule has 3 N–H and O–H groups in total. The lowest BCUT2D eigenvalue weighted by Crippen LogP contribution is -2.30. The summed E-state index contributed by atoms with van der Waals surface area (Å²) in [6, 6.07) is 0. The Hall–Kier alpha value is -1.94. The first-order valence-corrected chi connectivity index (χ1v) is 40.2. The first-order chi connectivity index (χ1) is 43.6. The molecule has 0 aliphatic heterocycles. The van der Waals surface area contributed by atoms with Crippen molar-refractivity contribution >= 4 is 39.5 Å². The number of rotatable bonds is 71. The molecule has 0 saturated heterocycles. The van der Waals surface area contributed by atoms with Crippen LogP contribution in [0, 0.1) is 5.92 Å². The van der Waals surface area contributed by atoms with Gasteiger partial charge < -0.3 is 33.8 Å². The largest absolute Gasteiger partial charge is 0.472 e. The highest BCUT2D eigenvalue weighted by Gasteiger charge is 2.30. The number of phosphoric ester groups is 2. The minimum Gasteiger partial charge on any atom is -0.462 e. The van der Waals surface area contributed by atoms with Crippen LogP contribution in [0.2, 0.25) is 0 Å². The van der Waals surface area contributed by atoms with E-state index in [1.165, 1.54) is 180 Å². The van der Waals surface area contributed by atoms with Gasteiger partial charge in [-0.25, -0.2) is 9.13 Å². The number of carbonyl (C=O) groups is 4. The average molecular weight is 1330 g/mol. The molecular weight excluding hydrogens is 1190 g/mol. The molecule has 0 amide bonds. The summed E-state index contributed by atoms with van der Waals surface area (Å²) >= 11 is 0. The molecule has 0 aromatic carbocycles. The van der Waals surface area contributed by atoms with Crippen molar-refractivity contribution in [1.29, 1.82) is 0 Å². The Morgan fingerprint density at radius 2 is 0.533 bits per heavy atom. The molecule has 6 atom stereocenters. The third-order valence-electron chi connectivity index (χ3n) is 16.9. The third kappa shape index (κ3) is 63.5. The highest BCUT2D eigenvalue weighted by Crippen LogP contribution is 2.45. The van der Waals surface area contributed by atoms with Crippen molar-refractivity contribution in [2.45, 2.75) is 387 Å². The first-order valence-electron chi connectivity index (χ1n) is 37.2. The van der Waals surface area contributed by atoms with Crippen molar-refractivity contribution in [1.82, 2.24) is 0 Å². The van der Waals surface area contributed by atoms with Crippen molar-refractivity contribution in [2.75, 3.05) is 39.6 Å². The Labute approximate surface area is 549 Å². The third-order valence-corrected chi connectivity index (χ3v) is 18.8. The Bertz CT molecular complexity index is 1740. The van der Waals surface area contributed by atoms with E-state index in [1.807, 2.05) is 0 Å². The van der Waals surface area contributed by atoms with Crippen LogP contribution in [0.15, 0.2) is 0 Å². The summed E-state index contributed by atoms with van der Waals surface area (Å²) in [6.45, 7) is 7.25. The first kappa shape index (κ1) is 88.1. The number of ether oxygens (including phenoxy) is 4. The van der Waals surface area contributed by atoms with Gasteiger partial charge in [-0.15, -0.1) is 0 Å². The molecule has 0 aromatic heterocycles. The van der Waals surface area contributed by atoms with Gasteiger partial charge in [-0.1, -0.05) is 317 Å². The van der Waals surface area contributed by atoms with Crippen LogP contribution in [-0.2, 0) is 65.4 Å². The summed E-state index contributed by atoms with van der Waals surface area (Å²) in [4.78, 5) is 72.4. The summed E-state index contributed by atoms with van der Waals surface area (Å²) in [5.41, 5.74) is 0. The normalized spacial score (nSPS) is 14.4. The molecule has 0 aromatic rings. The van der Waals surface area contributed by atoms with E-state index >= 15 is 0 Å².